The van der Waals surface area contributed by atoms with Crippen molar-refractivity contribution in [1.29, 1.82) is 0 Å². The van der Waals surface area contributed by atoms with Crippen molar-refractivity contribution < 1.29 is 9.59 Å². The van der Waals surface area contributed by atoms with Crippen LogP contribution in [0.4, 0.5) is 0 Å². The van der Waals surface area contributed by atoms with E-state index < -0.39 is 0 Å². The molecule has 4 heteroatoms. The minimum atomic E-state index is -0.0927. The Hall–Kier alpha value is -1.39. The quantitative estimate of drug-likeness (QED) is 0.512. The lowest BCUT2D eigenvalue weighted by Gasteiger charge is -2.05. The molecule has 0 bridgehead atoms. The maximum atomic E-state index is 11.6. The van der Waals surface area contributed by atoms with E-state index in [2.05, 4.69) is 15.9 Å². The summed E-state index contributed by atoms with van der Waals surface area (Å²) in [5.41, 5.74) is 1.57. The second-order valence-corrected chi connectivity index (χ2v) is 7.51. The molecule has 122 valence electrons. The number of halogens is 1. The fraction of sp³-hybridized carbons (Fsp3) is 0.263. The molecule has 2 aromatic carbocycles. The van der Waals surface area contributed by atoms with Crippen LogP contribution in [0.1, 0.15) is 34.6 Å². The molecule has 0 heterocycles. The second-order valence-electron chi connectivity index (χ2n) is 4.95. The molecule has 0 amide bonds. The van der Waals surface area contributed by atoms with Crippen molar-refractivity contribution >= 4 is 39.3 Å². The van der Waals surface area contributed by atoms with E-state index in [1.807, 2.05) is 80.8 Å². The Bertz CT molecular complexity index is 612. The third-order valence-corrected chi connectivity index (χ3v) is 4.54. The molecule has 2 aromatic rings. The van der Waals surface area contributed by atoms with E-state index in [0.29, 0.717) is 0 Å². The number of carbonyl (C=O) groups excluding carboxylic acids is 2. The van der Waals surface area contributed by atoms with Crippen molar-refractivity contribution in [3.8, 4) is 0 Å². The van der Waals surface area contributed by atoms with Crippen molar-refractivity contribution in [1.82, 2.24) is 0 Å². The third-order valence-electron chi connectivity index (χ3n) is 3.20. The number of benzene rings is 2. The fourth-order valence-electron chi connectivity index (χ4n) is 1.78. The Morgan fingerprint density at radius 3 is 1.57 bits per heavy atom. The largest absolute Gasteiger partial charge is 0.293 e. The first-order valence-electron chi connectivity index (χ1n) is 7.32. The first kappa shape index (κ1) is 19.7. The molecule has 0 radical (unpaired) electrons. The standard InChI is InChI=1S/C10H12OS.C9H9BrO/c1-8(12-2)10(11)9-6-4-3-5-7-9;1-7(10)9(11)8-5-3-2-4-6-8/h3-8H,1-2H3;2-7H,1H3. The average Bonchev–Trinajstić information content (AvgIpc) is 2.61. The highest BCUT2D eigenvalue weighted by Gasteiger charge is 2.12. The second kappa shape index (κ2) is 10.4. The van der Waals surface area contributed by atoms with Gasteiger partial charge in [-0.05, 0) is 20.1 Å². The summed E-state index contributed by atoms with van der Waals surface area (Å²) in [6.07, 6.45) is 1.95. The molecule has 0 aliphatic rings. The van der Waals surface area contributed by atoms with E-state index in [-0.39, 0.29) is 21.6 Å². The van der Waals surface area contributed by atoms with Crippen LogP contribution in [0.25, 0.3) is 0 Å². The lowest BCUT2D eigenvalue weighted by molar-refractivity contribution is 0.0987. The number of ketones is 2. The Balaban J connectivity index is 0.000000231. The summed E-state index contributed by atoms with van der Waals surface area (Å²) in [5, 5.41) is 0.0624. The van der Waals surface area contributed by atoms with E-state index in [4.69, 9.17) is 0 Å². The first-order valence-corrected chi connectivity index (χ1v) is 9.53. The van der Waals surface area contributed by atoms with Gasteiger partial charge in [0.2, 0.25) is 0 Å². The molecule has 0 aliphatic heterocycles. The van der Waals surface area contributed by atoms with Gasteiger partial charge in [0.1, 0.15) is 0 Å². The van der Waals surface area contributed by atoms with Crippen molar-refractivity contribution in [2.75, 3.05) is 6.26 Å². The van der Waals surface area contributed by atoms with Gasteiger partial charge in [0.15, 0.2) is 11.6 Å². The van der Waals surface area contributed by atoms with E-state index in [9.17, 15) is 9.59 Å². The van der Waals surface area contributed by atoms with Crippen molar-refractivity contribution in [2.45, 2.75) is 23.9 Å². The average molecular weight is 393 g/mol. The van der Waals surface area contributed by atoms with E-state index in [1.165, 1.54) is 0 Å². The lowest BCUT2D eigenvalue weighted by atomic mass is 10.1. The molecular formula is C19H21BrO2S. The van der Waals surface area contributed by atoms with Gasteiger partial charge in [-0.15, -0.1) is 0 Å². The van der Waals surface area contributed by atoms with E-state index >= 15 is 0 Å². The van der Waals surface area contributed by atoms with Crippen molar-refractivity contribution in [3.05, 3.63) is 71.8 Å². The zero-order valence-corrected chi connectivity index (χ0v) is 15.9. The Morgan fingerprint density at radius 2 is 1.22 bits per heavy atom. The van der Waals surface area contributed by atoms with Gasteiger partial charge in [-0.3, -0.25) is 9.59 Å². The molecule has 0 spiro atoms. The number of Topliss-reactive ketones (excluding diaryl/α,β-unsaturated/α-hetero) is 2. The zero-order chi connectivity index (χ0) is 17.2. The molecule has 2 unspecified atom stereocenters. The summed E-state index contributed by atoms with van der Waals surface area (Å²) < 4.78 is 0. The Kier molecular flexibility index (Phi) is 8.89. The smallest absolute Gasteiger partial charge is 0.176 e. The lowest BCUT2D eigenvalue weighted by Crippen LogP contribution is -2.12. The summed E-state index contributed by atoms with van der Waals surface area (Å²) in [5.74, 6) is 0.341. The number of rotatable bonds is 5. The van der Waals surface area contributed by atoms with Gasteiger partial charge < -0.3 is 0 Å². The van der Waals surface area contributed by atoms with Crippen LogP contribution < -0.4 is 0 Å². The van der Waals surface area contributed by atoms with Gasteiger partial charge in [-0.25, -0.2) is 0 Å². The molecule has 0 aliphatic carbocycles. The molecule has 0 saturated heterocycles. The first-order chi connectivity index (χ1) is 11.0. The highest BCUT2D eigenvalue weighted by atomic mass is 79.9. The summed E-state index contributed by atoms with van der Waals surface area (Å²) in [7, 11) is 0. The maximum absolute atomic E-state index is 11.6. The SMILES string of the molecule is CC(Br)C(=O)c1ccccc1.CSC(C)C(=O)c1ccccc1. The molecule has 2 atom stereocenters. The molecule has 0 N–H and O–H groups in total. The van der Waals surface area contributed by atoms with Crippen LogP contribution in [0.5, 0.6) is 0 Å². The fourth-order valence-corrected chi connectivity index (χ4v) is 2.39. The summed E-state index contributed by atoms with van der Waals surface area (Å²) >= 11 is 4.81. The monoisotopic (exact) mass is 392 g/mol. The van der Waals surface area contributed by atoms with Crippen LogP contribution in [0.3, 0.4) is 0 Å². The van der Waals surface area contributed by atoms with E-state index in [0.717, 1.165) is 11.1 Å². The predicted octanol–water partition coefficient (Wildman–Crippen LogP) is 5.27. The molecular weight excluding hydrogens is 372 g/mol. The van der Waals surface area contributed by atoms with Crippen LogP contribution in [-0.2, 0) is 0 Å². The molecule has 0 aromatic heterocycles. The van der Waals surface area contributed by atoms with Gasteiger partial charge in [0, 0.05) is 11.1 Å². The predicted molar refractivity (Wildman–Crippen MR) is 103 cm³/mol. The van der Waals surface area contributed by atoms with Crippen LogP contribution in [-0.4, -0.2) is 27.9 Å². The minimum Gasteiger partial charge on any atom is -0.293 e. The van der Waals surface area contributed by atoms with Gasteiger partial charge in [0.25, 0.3) is 0 Å². The normalized spacial score (nSPS) is 12.5. The number of carbonyl (C=O) groups is 2. The van der Waals surface area contributed by atoms with Gasteiger partial charge in [0.05, 0.1) is 10.1 Å². The topological polar surface area (TPSA) is 34.1 Å². The van der Waals surface area contributed by atoms with Crippen LogP contribution in [0.2, 0.25) is 0 Å². The van der Waals surface area contributed by atoms with Crippen LogP contribution >= 0.6 is 27.7 Å². The van der Waals surface area contributed by atoms with Crippen molar-refractivity contribution in [2.24, 2.45) is 0 Å². The number of hydrogen-bond donors (Lipinski definition) is 0. The van der Waals surface area contributed by atoms with Crippen LogP contribution in [0.15, 0.2) is 60.7 Å². The molecule has 0 fully saturated rings. The zero-order valence-electron chi connectivity index (χ0n) is 13.5. The Morgan fingerprint density at radius 1 is 0.826 bits per heavy atom. The molecule has 2 rings (SSSR count). The van der Waals surface area contributed by atoms with Crippen molar-refractivity contribution in [3.63, 3.8) is 0 Å². The highest BCUT2D eigenvalue weighted by molar-refractivity contribution is 9.10. The number of alkyl halides is 1. The molecule has 23 heavy (non-hydrogen) atoms. The summed E-state index contributed by atoms with van der Waals surface area (Å²) in [6.45, 7) is 3.76. The molecule has 2 nitrogen and oxygen atoms in total. The Labute approximate surface area is 150 Å². The summed E-state index contributed by atoms with van der Waals surface area (Å²) in [6, 6.07) is 18.7. The number of hydrogen-bond acceptors (Lipinski definition) is 3. The third kappa shape index (κ3) is 6.71. The molecule has 0 saturated carbocycles. The van der Waals surface area contributed by atoms with E-state index in [1.54, 1.807) is 11.8 Å². The highest BCUT2D eigenvalue weighted by Crippen LogP contribution is 2.12. The van der Waals surface area contributed by atoms with Gasteiger partial charge in [-0.2, -0.15) is 11.8 Å². The van der Waals surface area contributed by atoms with Crippen LogP contribution in [0, 0.1) is 0 Å². The number of thioether (sulfide) groups is 1. The van der Waals surface area contributed by atoms with Gasteiger partial charge >= 0.3 is 0 Å². The van der Waals surface area contributed by atoms with Gasteiger partial charge in [-0.1, -0.05) is 76.6 Å². The minimum absolute atomic E-state index is 0.0624. The maximum Gasteiger partial charge on any atom is 0.176 e. The summed E-state index contributed by atoms with van der Waals surface area (Å²) in [4.78, 5) is 22.8.